The molecule has 2 heterocycles. The monoisotopic (exact) mass is 491 g/mol. The second-order valence-corrected chi connectivity index (χ2v) is 9.45. The minimum Gasteiger partial charge on any atom is -0.365 e. The van der Waals surface area contributed by atoms with E-state index in [0.29, 0.717) is 17.7 Å². The molecule has 1 aromatic carbocycles. The quantitative estimate of drug-likeness (QED) is 0.567. The summed E-state index contributed by atoms with van der Waals surface area (Å²) in [4.78, 5) is 24.9. The highest BCUT2D eigenvalue weighted by molar-refractivity contribution is 5.94. The molecular weight excluding hydrogens is 459 g/mol. The van der Waals surface area contributed by atoms with Crippen molar-refractivity contribution in [3.8, 4) is 0 Å². The van der Waals surface area contributed by atoms with E-state index >= 15 is 0 Å². The molecule has 8 nitrogen and oxygen atoms in total. The summed E-state index contributed by atoms with van der Waals surface area (Å²) in [5, 5.41) is 5.80. The zero-order valence-electron chi connectivity index (χ0n) is 20.0. The van der Waals surface area contributed by atoms with Crippen molar-refractivity contribution in [2.45, 2.75) is 56.4 Å². The Kier molecular flexibility index (Phi) is 7.46. The summed E-state index contributed by atoms with van der Waals surface area (Å²) < 4.78 is 40.5. The van der Waals surface area contributed by atoms with E-state index in [1.54, 1.807) is 29.2 Å². The predicted molar refractivity (Wildman–Crippen MR) is 129 cm³/mol. The molecule has 11 heteroatoms. The van der Waals surface area contributed by atoms with Crippen LogP contribution >= 0.6 is 0 Å². The number of aromatic nitrogens is 2. The number of benzene rings is 1. The Morgan fingerprint density at radius 1 is 1.14 bits per heavy atom. The number of anilines is 3. The molecule has 35 heavy (non-hydrogen) atoms. The van der Waals surface area contributed by atoms with E-state index in [9.17, 15) is 18.0 Å². The van der Waals surface area contributed by atoms with Gasteiger partial charge in [0.2, 0.25) is 5.95 Å². The molecule has 1 aliphatic heterocycles. The Morgan fingerprint density at radius 2 is 1.83 bits per heavy atom. The van der Waals surface area contributed by atoms with Gasteiger partial charge in [-0.2, -0.15) is 18.2 Å². The third-order valence-electron chi connectivity index (χ3n) is 6.93. The van der Waals surface area contributed by atoms with E-state index in [0.717, 1.165) is 45.0 Å². The van der Waals surface area contributed by atoms with Crippen LogP contribution in [0.25, 0.3) is 0 Å². The second-order valence-electron chi connectivity index (χ2n) is 9.45. The van der Waals surface area contributed by atoms with Crippen molar-refractivity contribution in [2.75, 3.05) is 37.8 Å². The summed E-state index contributed by atoms with van der Waals surface area (Å²) >= 11 is 0. The van der Waals surface area contributed by atoms with Crippen LogP contribution in [0, 0.1) is 0 Å². The van der Waals surface area contributed by atoms with Gasteiger partial charge in [-0.3, -0.25) is 4.79 Å². The molecule has 4 N–H and O–H groups in total. The van der Waals surface area contributed by atoms with Gasteiger partial charge in [-0.1, -0.05) is 0 Å². The van der Waals surface area contributed by atoms with Gasteiger partial charge in [0, 0.05) is 42.6 Å². The Morgan fingerprint density at radius 3 is 2.43 bits per heavy atom. The molecule has 1 saturated heterocycles. The Balaban J connectivity index is 1.46. The highest BCUT2D eigenvalue weighted by atomic mass is 19.4. The van der Waals surface area contributed by atoms with Crippen LogP contribution in [-0.2, 0) is 6.18 Å². The van der Waals surface area contributed by atoms with Crippen molar-refractivity contribution < 1.29 is 18.0 Å². The fourth-order valence-corrected chi connectivity index (χ4v) is 4.68. The summed E-state index contributed by atoms with van der Waals surface area (Å²) in [6.45, 7) is 1.92. The molecule has 190 valence electrons. The minimum atomic E-state index is -4.59. The van der Waals surface area contributed by atoms with Gasteiger partial charge in [0.25, 0.3) is 5.91 Å². The molecule has 2 atom stereocenters. The number of nitrogens with zero attached hydrogens (tertiary/aromatic N) is 4. The fourth-order valence-electron chi connectivity index (χ4n) is 4.68. The van der Waals surface area contributed by atoms with Crippen molar-refractivity contribution >= 4 is 23.4 Å². The van der Waals surface area contributed by atoms with Crippen LogP contribution in [0.15, 0.2) is 30.5 Å². The largest absolute Gasteiger partial charge is 0.421 e. The standard InChI is InChI=1S/C24H32F3N7O/c1-33-12-10-17(11-13-33)34(2)22(35)15-6-8-16(9-7-15)30-23-29-14-18(24(25,26)27)21(32-23)31-20-5-3-4-19(20)28/h6-9,14,17,19-20H,3-5,10-13,28H2,1-2H3,(H2,29,30,31,32). The average Bonchev–Trinajstić information content (AvgIpc) is 3.22. The normalized spacial score (nSPS) is 21.7. The summed E-state index contributed by atoms with van der Waals surface area (Å²) in [7, 11) is 3.90. The number of carbonyl (C=O) groups excluding carboxylic acids is 1. The van der Waals surface area contributed by atoms with Crippen molar-refractivity contribution in [1.82, 2.24) is 19.8 Å². The van der Waals surface area contributed by atoms with Gasteiger partial charge < -0.3 is 26.2 Å². The maximum absolute atomic E-state index is 13.5. The van der Waals surface area contributed by atoms with Crippen molar-refractivity contribution in [1.29, 1.82) is 0 Å². The van der Waals surface area contributed by atoms with Crippen LogP contribution in [-0.4, -0.2) is 71.0 Å². The maximum atomic E-state index is 13.5. The van der Waals surface area contributed by atoms with Crippen molar-refractivity contribution in [2.24, 2.45) is 5.73 Å². The number of halogens is 3. The molecule has 2 unspecified atom stereocenters. The minimum absolute atomic E-state index is 0.0228. The Labute approximate surface area is 203 Å². The van der Waals surface area contributed by atoms with Crippen LogP contribution < -0.4 is 16.4 Å². The first-order valence-corrected chi connectivity index (χ1v) is 11.9. The molecule has 1 saturated carbocycles. The predicted octanol–water partition coefficient (Wildman–Crippen LogP) is 3.70. The number of amides is 1. The lowest BCUT2D eigenvalue weighted by Crippen LogP contribution is -2.44. The number of likely N-dealkylation sites (tertiary alicyclic amines) is 1. The lowest BCUT2D eigenvalue weighted by atomic mass is 10.0. The van der Waals surface area contributed by atoms with E-state index in [2.05, 4.69) is 32.5 Å². The van der Waals surface area contributed by atoms with Gasteiger partial charge >= 0.3 is 6.18 Å². The van der Waals surface area contributed by atoms with Gasteiger partial charge in [0.1, 0.15) is 11.4 Å². The number of carbonyl (C=O) groups is 1. The van der Waals surface area contributed by atoms with Crippen molar-refractivity contribution in [3.63, 3.8) is 0 Å². The number of nitrogens with one attached hydrogen (secondary N) is 2. The number of rotatable bonds is 6. The first kappa shape index (κ1) is 25.2. The summed E-state index contributed by atoms with van der Waals surface area (Å²) in [6.07, 6.45) is 0.351. The zero-order valence-corrected chi connectivity index (χ0v) is 20.0. The molecule has 0 spiro atoms. The van der Waals surface area contributed by atoms with E-state index in [4.69, 9.17) is 5.73 Å². The van der Waals surface area contributed by atoms with E-state index in [1.807, 2.05) is 7.05 Å². The Bertz CT molecular complexity index is 1020. The van der Waals surface area contributed by atoms with E-state index < -0.39 is 11.7 Å². The smallest absolute Gasteiger partial charge is 0.365 e. The van der Waals surface area contributed by atoms with E-state index in [1.165, 1.54) is 0 Å². The Hall–Kier alpha value is -2.92. The van der Waals surface area contributed by atoms with Gasteiger partial charge in [-0.25, -0.2) is 4.98 Å². The van der Waals surface area contributed by atoms with Crippen molar-refractivity contribution in [3.05, 3.63) is 41.6 Å². The highest BCUT2D eigenvalue weighted by Gasteiger charge is 2.37. The molecule has 2 aliphatic rings. The third-order valence-corrected chi connectivity index (χ3v) is 6.93. The molecule has 4 rings (SSSR count). The molecule has 1 aliphatic carbocycles. The van der Waals surface area contributed by atoms with Crippen LogP contribution in [0.3, 0.4) is 0 Å². The number of piperidine rings is 1. The highest BCUT2D eigenvalue weighted by Crippen LogP contribution is 2.35. The lowest BCUT2D eigenvalue weighted by molar-refractivity contribution is -0.137. The topological polar surface area (TPSA) is 99.4 Å². The maximum Gasteiger partial charge on any atom is 0.421 e. The first-order valence-electron chi connectivity index (χ1n) is 11.9. The molecule has 1 aromatic heterocycles. The van der Waals surface area contributed by atoms with Crippen LogP contribution in [0.1, 0.15) is 48.0 Å². The van der Waals surface area contributed by atoms with Crippen LogP contribution in [0.4, 0.5) is 30.6 Å². The molecule has 0 radical (unpaired) electrons. The average molecular weight is 492 g/mol. The number of hydrogen-bond donors (Lipinski definition) is 3. The van der Waals surface area contributed by atoms with Gasteiger partial charge in [-0.15, -0.1) is 0 Å². The number of hydrogen-bond acceptors (Lipinski definition) is 7. The SMILES string of the molecule is CN1CCC(N(C)C(=O)c2ccc(Nc3ncc(C(F)(F)F)c(NC4CCCC4N)n3)cc2)CC1. The molecule has 1 amide bonds. The summed E-state index contributed by atoms with van der Waals surface area (Å²) in [5.41, 5.74) is 6.20. The third kappa shape index (κ3) is 6.02. The second kappa shape index (κ2) is 10.4. The van der Waals surface area contributed by atoms with Crippen LogP contribution in [0.2, 0.25) is 0 Å². The number of alkyl halides is 3. The van der Waals surface area contributed by atoms with Gasteiger partial charge in [0.15, 0.2) is 0 Å². The van der Waals surface area contributed by atoms with Gasteiger partial charge in [0.05, 0.1) is 0 Å². The summed E-state index contributed by atoms with van der Waals surface area (Å²) in [5.74, 6) is -0.324. The zero-order chi connectivity index (χ0) is 25.2. The first-order chi connectivity index (χ1) is 16.6. The van der Waals surface area contributed by atoms with Gasteiger partial charge in [-0.05, 0) is 76.5 Å². The molecule has 2 aromatic rings. The molecular formula is C24H32F3N7O. The number of nitrogens with two attached hydrogens (primary N) is 1. The van der Waals surface area contributed by atoms with Crippen LogP contribution in [0.5, 0.6) is 0 Å². The molecule has 0 bridgehead atoms. The summed E-state index contributed by atoms with van der Waals surface area (Å²) in [6, 6.07) is 6.48. The van der Waals surface area contributed by atoms with E-state index in [-0.39, 0.29) is 35.8 Å². The lowest BCUT2D eigenvalue weighted by Gasteiger charge is -2.35. The fraction of sp³-hybridized carbons (Fsp3) is 0.542. The molecule has 2 fully saturated rings.